The molecule has 0 spiro atoms. The summed E-state index contributed by atoms with van der Waals surface area (Å²) in [5.74, 6) is -1.05. The van der Waals surface area contributed by atoms with Crippen molar-refractivity contribution in [1.82, 2.24) is 9.97 Å². The third-order valence-electron chi connectivity index (χ3n) is 6.89. The van der Waals surface area contributed by atoms with Crippen molar-refractivity contribution in [2.75, 3.05) is 0 Å². The van der Waals surface area contributed by atoms with Crippen molar-refractivity contribution in [3.8, 4) is 11.1 Å². The Kier molecular flexibility index (Phi) is 5.18. The molecule has 37 heavy (non-hydrogen) atoms. The minimum atomic E-state index is -0.885. The van der Waals surface area contributed by atoms with Crippen LogP contribution in [0.3, 0.4) is 0 Å². The summed E-state index contributed by atoms with van der Waals surface area (Å²) in [6.45, 7) is 0. The molecule has 1 aliphatic rings. The molecular weight excluding hydrogens is 736 g/mol. The fraction of sp³-hybridized carbons (Fsp3) is 0.0370. The van der Waals surface area contributed by atoms with Crippen molar-refractivity contribution in [2.24, 2.45) is 0 Å². The van der Waals surface area contributed by atoms with Crippen LogP contribution in [0, 0.1) is 0 Å². The minimum absolute atomic E-state index is 0.438. The fourth-order valence-corrected chi connectivity index (χ4v) is 7.51. The Morgan fingerprint density at radius 2 is 1.00 bits per heavy atom. The van der Waals surface area contributed by atoms with Crippen molar-refractivity contribution in [3.63, 3.8) is 0 Å². The van der Waals surface area contributed by atoms with E-state index in [9.17, 15) is 9.59 Å². The molecule has 6 nitrogen and oxygen atoms in total. The molecule has 0 saturated heterocycles. The molecule has 0 amide bonds. The number of halogens is 4. The first-order chi connectivity index (χ1) is 17.8. The van der Waals surface area contributed by atoms with Crippen LogP contribution in [0.1, 0.15) is 22.3 Å². The monoisotopic (exact) mass is 744 g/mol. The average Bonchev–Trinajstić information content (AvgIpc) is 3.47. The largest absolute Gasteiger partial charge is 0.417 e. The highest BCUT2D eigenvalue weighted by Gasteiger charge is 2.49. The predicted octanol–water partition coefficient (Wildman–Crippen LogP) is 7.97. The van der Waals surface area contributed by atoms with Crippen molar-refractivity contribution in [1.29, 1.82) is 0 Å². The van der Waals surface area contributed by atoms with Gasteiger partial charge in [-0.15, -0.1) is 0 Å². The maximum Gasteiger partial charge on any atom is 0.417 e. The molecule has 2 heterocycles. The molecule has 1 aliphatic carbocycles. The Labute approximate surface area is 241 Å². The van der Waals surface area contributed by atoms with E-state index in [0.29, 0.717) is 22.2 Å². The lowest BCUT2D eigenvalue weighted by Crippen LogP contribution is -2.29. The van der Waals surface area contributed by atoms with E-state index in [1.807, 2.05) is 36.4 Å². The maximum absolute atomic E-state index is 12.1. The number of rotatable bonds is 2. The van der Waals surface area contributed by atoms with Crippen LogP contribution in [-0.2, 0) is 5.41 Å². The van der Waals surface area contributed by atoms with E-state index < -0.39 is 16.9 Å². The van der Waals surface area contributed by atoms with Crippen LogP contribution in [-0.4, -0.2) is 9.97 Å². The smallest absolute Gasteiger partial charge is 0.408 e. The van der Waals surface area contributed by atoms with Gasteiger partial charge in [-0.1, -0.05) is 75.9 Å². The number of hydrogen-bond donors (Lipinski definition) is 2. The lowest BCUT2D eigenvalue weighted by molar-refractivity contribution is 0.554. The second-order valence-electron chi connectivity index (χ2n) is 8.82. The van der Waals surface area contributed by atoms with E-state index in [-0.39, 0.29) is 0 Å². The van der Waals surface area contributed by atoms with E-state index in [2.05, 4.69) is 98.0 Å². The molecule has 2 aromatic heterocycles. The summed E-state index contributed by atoms with van der Waals surface area (Å²) in [5, 5.41) is 0. The third kappa shape index (κ3) is 3.32. The maximum atomic E-state index is 12.1. The summed E-state index contributed by atoms with van der Waals surface area (Å²) in [6.07, 6.45) is 0. The van der Waals surface area contributed by atoms with Gasteiger partial charge in [0.2, 0.25) is 0 Å². The zero-order valence-corrected chi connectivity index (χ0v) is 24.8. The predicted molar refractivity (Wildman–Crippen MR) is 155 cm³/mol. The number of benzene rings is 4. The molecular formula is C27H12Br4N2O4. The van der Waals surface area contributed by atoms with Gasteiger partial charge in [-0.3, -0.25) is 9.97 Å². The standard InChI is InChI=1S/C27H12Br4N2O4/c28-11-1-3-13-14-4-2-12(29)6-16(14)27(15(13)5-11,17-7-23-21(9-19(17)30)32-25(34)36-23)18-8-24-22(10-20(18)31)33-26(35)37-24/h1-10H,(H,32,34)(H,33,35). The van der Waals surface area contributed by atoms with Gasteiger partial charge < -0.3 is 8.83 Å². The normalized spacial score (nSPS) is 13.8. The first kappa shape index (κ1) is 23.5. The number of aromatic amines is 2. The first-order valence-electron chi connectivity index (χ1n) is 11.0. The van der Waals surface area contributed by atoms with Crippen LogP contribution in [0.5, 0.6) is 0 Å². The lowest BCUT2D eigenvalue weighted by Gasteiger charge is -2.35. The summed E-state index contributed by atoms with van der Waals surface area (Å²) in [4.78, 5) is 29.6. The number of nitrogens with one attached hydrogen (secondary N) is 2. The van der Waals surface area contributed by atoms with Gasteiger partial charge in [0, 0.05) is 17.9 Å². The second kappa shape index (κ2) is 8.17. The van der Waals surface area contributed by atoms with Crippen LogP contribution in [0.2, 0.25) is 0 Å². The molecule has 182 valence electrons. The Morgan fingerprint density at radius 1 is 0.568 bits per heavy atom. The summed E-state index contributed by atoms with van der Waals surface area (Å²) in [6, 6.07) is 19.9. The number of H-pyrrole nitrogens is 2. The molecule has 4 aromatic carbocycles. The summed E-state index contributed by atoms with van der Waals surface area (Å²) in [7, 11) is 0. The highest BCUT2D eigenvalue weighted by Crippen LogP contribution is 2.60. The van der Waals surface area contributed by atoms with Gasteiger partial charge in [-0.05, 0) is 81.9 Å². The minimum Gasteiger partial charge on any atom is -0.408 e. The number of aromatic nitrogens is 2. The molecule has 0 aliphatic heterocycles. The quantitative estimate of drug-likeness (QED) is 0.188. The highest BCUT2D eigenvalue weighted by atomic mass is 79.9. The van der Waals surface area contributed by atoms with E-state index in [1.54, 1.807) is 0 Å². The van der Waals surface area contributed by atoms with Gasteiger partial charge in [0.1, 0.15) is 0 Å². The zero-order chi connectivity index (χ0) is 25.6. The first-order valence-corrected chi connectivity index (χ1v) is 14.2. The number of oxazole rings is 2. The number of hydrogen-bond acceptors (Lipinski definition) is 4. The Bertz CT molecular complexity index is 1900. The molecule has 2 N–H and O–H groups in total. The Hall–Kier alpha value is -2.66. The Morgan fingerprint density at radius 3 is 1.43 bits per heavy atom. The topological polar surface area (TPSA) is 92.0 Å². The van der Waals surface area contributed by atoms with Crippen LogP contribution in [0.4, 0.5) is 0 Å². The molecule has 10 heteroatoms. The molecule has 0 atom stereocenters. The van der Waals surface area contributed by atoms with Gasteiger partial charge in [0.25, 0.3) is 0 Å². The van der Waals surface area contributed by atoms with Crippen molar-refractivity contribution in [2.45, 2.75) is 5.41 Å². The molecule has 0 radical (unpaired) electrons. The van der Waals surface area contributed by atoms with Gasteiger partial charge in [0.15, 0.2) is 11.2 Å². The fourth-order valence-electron chi connectivity index (χ4n) is 5.51. The van der Waals surface area contributed by atoms with E-state index >= 15 is 0 Å². The molecule has 0 fully saturated rings. The zero-order valence-electron chi connectivity index (χ0n) is 18.4. The second-order valence-corrected chi connectivity index (χ2v) is 12.4. The number of fused-ring (bicyclic) bond motifs is 5. The van der Waals surface area contributed by atoms with Crippen LogP contribution >= 0.6 is 63.7 Å². The molecule has 0 bridgehead atoms. The van der Waals surface area contributed by atoms with E-state index in [4.69, 9.17) is 8.83 Å². The molecule has 7 rings (SSSR count). The highest BCUT2D eigenvalue weighted by molar-refractivity contribution is 9.11. The van der Waals surface area contributed by atoms with Crippen molar-refractivity contribution >= 4 is 85.9 Å². The van der Waals surface area contributed by atoms with Gasteiger partial charge in [-0.2, -0.15) is 0 Å². The van der Waals surface area contributed by atoms with E-state index in [1.165, 1.54) is 0 Å². The molecule has 0 unspecified atom stereocenters. The van der Waals surface area contributed by atoms with Crippen LogP contribution in [0.25, 0.3) is 33.3 Å². The van der Waals surface area contributed by atoms with Gasteiger partial charge in [-0.25, -0.2) is 9.59 Å². The van der Waals surface area contributed by atoms with Gasteiger partial charge >= 0.3 is 11.5 Å². The van der Waals surface area contributed by atoms with Crippen molar-refractivity contribution < 1.29 is 8.83 Å². The van der Waals surface area contributed by atoms with Gasteiger partial charge in [0.05, 0.1) is 16.4 Å². The molecule has 6 aromatic rings. The molecule has 0 saturated carbocycles. The summed E-state index contributed by atoms with van der Waals surface area (Å²) < 4.78 is 14.4. The van der Waals surface area contributed by atoms with E-state index in [0.717, 1.165) is 51.3 Å². The third-order valence-corrected chi connectivity index (χ3v) is 9.19. The van der Waals surface area contributed by atoms with Crippen LogP contribution < -0.4 is 11.5 Å². The van der Waals surface area contributed by atoms with Crippen LogP contribution in [0.15, 0.2) is 97.0 Å². The summed E-state index contributed by atoms with van der Waals surface area (Å²) >= 11 is 15.0. The summed E-state index contributed by atoms with van der Waals surface area (Å²) in [5.41, 5.74) is 7.05. The Balaban J connectivity index is 1.73. The SMILES string of the molecule is O=c1[nH]c2cc(Br)c(C3(c4cc5oc(=O)[nH]c5cc4Br)c4cc(Br)ccc4-c4ccc(Br)cc43)cc2o1. The lowest BCUT2D eigenvalue weighted by atomic mass is 9.67. The average molecular weight is 748 g/mol. The van der Waals surface area contributed by atoms with Crippen molar-refractivity contribution in [3.05, 3.63) is 122 Å².